The maximum Gasteiger partial charge on any atom is 0.316 e. The summed E-state index contributed by atoms with van der Waals surface area (Å²) < 4.78 is 78.8. The molecular formula is C39H38N6O9S2. The largest absolute Gasteiger partial charge is 0.456 e. The van der Waals surface area contributed by atoms with Gasteiger partial charge in [0.15, 0.2) is 0 Å². The second-order valence-electron chi connectivity index (χ2n) is 13.4. The van der Waals surface area contributed by atoms with Crippen LogP contribution >= 0.6 is 0 Å². The minimum atomic E-state index is -5.00. The van der Waals surface area contributed by atoms with Crippen molar-refractivity contribution in [2.45, 2.75) is 51.3 Å². The van der Waals surface area contributed by atoms with Gasteiger partial charge in [0.1, 0.15) is 21.1 Å². The molecule has 0 atom stereocenters. The van der Waals surface area contributed by atoms with Gasteiger partial charge in [-0.1, -0.05) is 30.3 Å². The molecule has 290 valence electrons. The van der Waals surface area contributed by atoms with E-state index in [1.807, 2.05) is 26.8 Å². The van der Waals surface area contributed by atoms with E-state index in [-0.39, 0.29) is 39.1 Å². The summed E-state index contributed by atoms with van der Waals surface area (Å²) in [7, 11) is -9.81. The first-order valence-corrected chi connectivity index (χ1v) is 19.8. The topological polar surface area (TPSA) is 257 Å². The highest BCUT2D eigenvalue weighted by Gasteiger charge is 2.27. The fourth-order valence-corrected chi connectivity index (χ4v) is 8.42. The van der Waals surface area contributed by atoms with E-state index in [1.165, 1.54) is 24.3 Å². The van der Waals surface area contributed by atoms with E-state index in [2.05, 4.69) is 20.9 Å². The minimum absolute atomic E-state index is 0.0206. The first-order valence-electron chi connectivity index (χ1n) is 16.9. The highest BCUT2D eigenvalue weighted by molar-refractivity contribution is 7.86. The third-order valence-electron chi connectivity index (χ3n) is 9.41. The molecule has 1 aliphatic carbocycles. The van der Waals surface area contributed by atoms with Crippen LogP contribution in [0.25, 0.3) is 33.4 Å². The summed E-state index contributed by atoms with van der Waals surface area (Å²) in [5.74, 6) is 0.0366. The number of rotatable bonds is 8. The van der Waals surface area contributed by atoms with Gasteiger partial charge < -0.3 is 31.8 Å². The Morgan fingerprint density at radius 2 is 1.23 bits per heavy atom. The number of carbonyl (C=O) groups is 2. The fourth-order valence-electron chi connectivity index (χ4n) is 7.09. The van der Waals surface area contributed by atoms with Crippen LogP contribution < -0.4 is 32.8 Å². The molecule has 4 aromatic carbocycles. The Balaban J connectivity index is 1.70. The van der Waals surface area contributed by atoms with Crippen LogP contribution in [0.1, 0.15) is 33.4 Å². The van der Waals surface area contributed by atoms with Crippen molar-refractivity contribution in [1.29, 1.82) is 0 Å². The normalized spacial score (nSPS) is 12.2. The van der Waals surface area contributed by atoms with Gasteiger partial charge in [-0.25, -0.2) is 14.6 Å². The Kier molecular flexibility index (Phi) is 10.2. The Morgan fingerprint density at radius 3 is 1.84 bits per heavy atom. The van der Waals surface area contributed by atoms with Crippen LogP contribution in [0.15, 0.2) is 85.9 Å². The van der Waals surface area contributed by atoms with Gasteiger partial charge >= 0.3 is 12.1 Å². The van der Waals surface area contributed by atoms with Gasteiger partial charge in [0, 0.05) is 45.6 Å². The molecule has 0 fully saturated rings. The number of anilines is 4. The number of primary amides is 2. The molecule has 0 radical (unpaired) electrons. The summed E-state index contributed by atoms with van der Waals surface area (Å²) in [6.45, 7) is 10.7. The first kappa shape index (κ1) is 39.4. The summed E-state index contributed by atoms with van der Waals surface area (Å²) >= 11 is 0. The number of fused-ring (bicyclic) bond motifs is 2. The summed E-state index contributed by atoms with van der Waals surface area (Å²) in [5, 5.41) is 8.70. The Labute approximate surface area is 322 Å². The molecule has 15 nitrogen and oxygen atoms in total. The summed E-state index contributed by atoms with van der Waals surface area (Å²) in [5.41, 5.74) is 17.8. The number of nitrogens with zero attached hydrogens (tertiary/aromatic N) is 1. The van der Waals surface area contributed by atoms with E-state index in [4.69, 9.17) is 15.9 Å². The molecule has 4 aromatic rings. The third-order valence-corrected chi connectivity index (χ3v) is 11.2. The highest BCUT2D eigenvalue weighted by atomic mass is 32.2. The van der Waals surface area contributed by atoms with E-state index < -0.39 is 42.1 Å². The Hall–Kier alpha value is -6.27. The van der Waals surface area contributed by atoms with E-state index in [9.17, 15) is 35.5 Å². The van der Waals surface area contributed by atoms with Crippen LogP contribution in [0.2, 0.25) is 0 Å². The van der Waals surface area contributed by atoms with E-state index in [1.54, 1.807) is 51.1 Å². The number of nitrogens with two attached hydrogens (primary N) is 2. The molecule has 4 amide bonds. The lowest BCUT2D eigenvalue weighted by molar-refractivity contribution is 0.258. The molecular weight excluding hydrogens is 761 g/mol. The van der Waals surface area contributed by atoms with Crippen molar-refractivity contribution in [3.8, 4) is 22.5 Å². The maximum absolute atomic E-state index is 13.1. The SMILES string of the molecule is Cc1cc(C)c(NC(N)=O)c(C)c1N=c1cc2oc3cc(Nc4c(C)cc(C)c(NC(N)=O)c4C)ccc3c(-c3ccccc3S(=O)(=O)O)c-2cc1S(=O)(=O)O. The molecule has 0 spiro atoms. The molecule has 17 heteroatoms. The lowest BCUT2D eigenvalue weighted by Crippen LogP contribution is -2.21. The van der Waals surface area contributed by atoms with Crippen LogP contribution in [-0.2, 0) is 20.2 Å². The molecule has 0 saturated heterocycles. The number of carbonyl (C=O) groups excluding carboxylic acids is 2. The molecule has 56 heavy (non-hydrogen) atoms. The molecule has 0 aromatic heterocycles. The number of hydrogen-bond acceptors (Lipinski definition) is 9. The number of amides is 4. The van der Waals surface area contributed by atoms with Crippen LogP contribution in [-0.4, -0.2) is 38.0 Å². The quantitative estimate of drug-likeness (QED) is 0.0589. The van der Waals surface area contributed by atoms with Gasteiger partial charge in [0.05, 0.1) is 22.4 Å². The zero-order chi connectivity index (χ0) is 41.0. The molecule has 0 bridgehead atoms. The van der Waals surface area contributed by atoms with Crippen molar-refractivity contribution in [2.75, 3.05) is 16.0 Å². The Bertz CT molecular complexity index is 2920. The monoisotopic (exact) mass is 798 g/mol. The molecule has 9 N–H and O–H groups in total. The molecule has 6 rings (SSSR count). The van der Waals surface area contributed by atoms with Crippen LogP contribution in [0.4, 0.5) is 38.0 Å². The molecule has 0 saturated carbocycles. The number of aryl methyl sites for hydroxylation is 4. The van der Waals surface area contributed by atoms with Gasteiger partial charge in [0.25, 0.3) is 20.2 Å². The van der Waals surface area contributed by atoms with Crippen molar-refractivity contribution >= 4 is 71.7 Å². The smallest absolute Gasteiger partial charge is 0.316 e. The van der Waals surface area contributed by atoms with E-state index in [0.29, 0.717) is 50.4 Å². The predicted molar refractivity (Wildman–Crippen MR) is 214 cm³/mol. The highest BCUT2D eigenvalue weighted by Crippen LogP contribution is 2.44. The minimum Gasteiger partial charge on any atom is -0.456 e. The average Bonchev–Trinajstić information content (AvgIpc) is 3.09. The molecule has 2 aliphatic rings. The van der Waals surface area contributed by atoms with Gasteiger partial charge in [-0.15, -0.1) is 0 Å². The zero-order valence-electron chi connectivity index (χ0n) is 31.0. The second kappa shape index (κ2) is 14.4. The van der Waals surface area contributed by atoms with Crippen molar-refractivity contribution in [3.63, 3.8) is 0 Å². The van der Waals surface area contributed by atoms with Crippen molar-refractivity contribution in [2.24, 2.45) is 16.5 Å². The standard InChI is InChI=1S/C39H38N6O9S2/c1-18-13-20(3)36(44-38(40)46)22(5)34(18)42-24-11-12-25-29(15-24)54-30-17-28(43-35-19(2)14-21(4)37(23(35)6)45-39(41)47)32(56(51,52)53)16-27(30)33(25)26-9-7-8-10-31(26)55(48,49)50/h7-17,42H,1-6H3,(H3,40,44,46)(H3,41,45,47)(H,48,49,50)(H,51,52,53). The maximum atomic E-state index is 13.1. The summed E-state index contributed by atoms with van der Waals surface area (Å²) in [4.78, 5) is 27.1. The molecule has 1 aliphatic heterocycles. The summed E-state index contributed by atoms with van der Waals surface area (Å²) in [6.07, 6.45) is 0. The van der Waals surface area contributed by atoms with Crippen LogP contribution in [0.5, 0.6) is 0 Å². The predicted octanol–water partition coefficient (Wildman–Crippen LogP) is 7.51. The lowest BCUT2D eigenvalue weighted by atomic mass is 9.93. The number of hydrogen-bond donors (Lipinski definition) is 7. The summed E-state index contributed by atoms with van der Waals surface area (Å²) in [6, 6.07) is 15.1. The van der Waals surface area contributed by atoms with Gasteiger partial charge in [-0.3, -0.25) is 9.11 Å². The molecule has 1 heterocycles. The number of urea groups is 2. The molecule has 0 unspecified atom stereocenters. The number of benzene rings is 5. The average molecular weight is 799 g/mol. The van der Waals surface area contributed by atoms with Crippen molar-refractivity contribution < 1.29 is 39.9 Å². The second-order valence-corrected chi connectivity index (χ2v) is 16.2. The van der Waals surface area contributed by atoms with Gasteiger partial charge in [0.2, 0.25) is 0 Å². The number of nitrogens with one attached hydrogen (secondary N) is 3. The van der Waals surface area contributed by atoms with Crippen molar-refractivity contribution in [3.05, 3.63) is 105 Å². The Morgan fingerprint density at radius 1 is 0.661 bits per heavy atom. The zero-order valence-corrected chi connectivity index (χ0v) is 32.7. The van der Waals surface area contributed by atoms with E-state index >= 15 is 0 Å². The van der Waals surface area contributed by atoms with Crippen LogP contribution in [0, 0.1) is 41.5 Å². The first-order chi connectivity index (χ1) is 26.1. The third kappa shape index (κ3) is 7.52. The van der Waals surface area contributed by atoms with Gasteiger partial charge in [-0.2, -0.15) is 16.8 Å². The van der Waals surface area contributed by atoms with Crippen LogP contribution in [0.3, 0.4) is 0 Å². The fraction of sp³-hybridized carbons (Fsp3) is 0.154. The van der Waals surface area contributed by atoms with Gasteiger partial charge in [-0.05, 0) is 99.2 Å². The van der Waals surface area contributed by atoms with Crippen molar-refractivity contribution in [1.82, 2.24) is 0 Å². The lowest BCUT2D eigenvalue weighted by Gasteiger charge is -2.20. The van der Waals surface area contributed by atoms with E-state index in [0.717, 1.165) is 17.2 Å².